The minimum Gasteiger partial charge on any atom is -0.332 e. The zero-order valence-corrected chi connectivity index (χ0v) is 16.5. The Morgan fingerprint density at radius 2 is 1.83 bits per heavy atom. The van der Waals surface area contributed by atoms with Gasteiger partial charge in [0.05, 0.1) is 0 Å². The van der Waals surface area contributed by atoms with Crippen molar-refractivity contribution in [2.75, 3.05) is 13.1 Å². The molecule has 4 rings (SSSR count). The van der Waals surface area contributed by atoms with Crippen LogP contribution in [-0.2, 0) is 11.3 Å². The number of alkyl halides is 3. The van der Waals surface area contributed by atoms with Crippen molar-refractivity contribution in [3.8, 4) is 0 Å². The topological polar surface area (TPSA) is 52.7 Å². The van der Waals surface area contributed by atoms with Gasteiger partial charge in [0.1, 0.15) is 12.6 Å². The Bertz CT molecular complexity index is 943. The lowest BCUT2D eigenvalue weighted by Crippen LogP contribution is -2.56. The summed E-state index contributed by atoms with van der Waals surface area (Å²) in [6.45, 7) is -0.815. The first-order valence-corrected chi connectivity index (χ1v) is 10.2. The number of likely N-dealkylation sites (tertiary alicyclic amines) is 1. The number of fused-ring (bicyclic) bond motifs is 1. The third kappa shape index (κ3) is 4.86. The second-order valence-corrected chi connectivity index (χ2v) is 8.06. The van der Waals surface area contributed by atoms with Gasteiger partial charge in [0.15, 0.2) is 0 Å². The monoisotopic (exact) mass is 419 g/mol. The second kappa shape index (κ2) is 8.16. The molecule has 1 aliphatic heterocycles. The summed E-state index contributed by atoms with van der Waals surface area (Å²) in [6, 6.07) is 12.8. The van der Waals surface area contributed by atoms with Crippen molar-refractivity contribution < 1.29 is 22.8 Å². The standard InChI is InChI=1S/C22H24F3N3O2/c23-22(24,25)14-27-11-3-6-19(20(27)29)26-21(30)28(18-9-10-18)13-15-7-8-16-4-1-2-5-17(16)12-15/h1-2,4-5,7-8,12,18-19H,3,6,9-11,13-14H2,(H,26,30). The molecule has 0 radical (unpaired) electrons. The van der Waals surface area contributed by atoms with Gasteiger partial charge in [0.25, 0.3) is 0 Å². The number of piperidine rings is 1. The summed E-state index contributed by atoms with van der Waals surface area (Å²) in [6.07, 6.45) is -1.88. The predicted molar refractivity (Wildman–Crippen MR) is 107 cm³/mol. The van der Waals surface area contributed by atoms with Gasteiger partial charge in [0.2, 0.25) is 5.91 Å². The molecule has 2 aromatic carbocycles. The number of benzene rings is 2. The molecule has 2 aliphatic rings. The maximum absolute atomic E-state index is 12.9. The van der Waals surface area contributed by atoms with Gasteiger partial charge < -0.3 is 15.1 Å². The van der Waals surface area contributed by atoms with E-state index >= 15 is 0 Å². The molecular formula is C22H24F3N3O2. The van der Waals surface area contributed by atoms with E-state index in [0.29, 0.717) is 19.4 Å². The number of nitrogens with zero attached hydrogens (tertiary/aromatic N) is 2. The number of urea groups is 1. The zero-order chi connectivity index (χ0) is 21.3. The number of carbonyl (C=O) groups excluding carboxylic acids is 2. The molecule has 0 spiro atoms. The van der Waals surface area contributed by atoms with E-state index in [2.05, 4.69) is 5.32 Å². The molecule has 8 heteroatoms. The first-order valence-electron chi connectivity index (χ1n) is 10.2. The molecule has 3 amide bonds. The van der Waals surface area contributed by atoms with Crippen LogP contribution in [0.2, 0.25) is 0 Å². The van der Waals surface area contributed by atoms with Crippen molar-refractivity contribution in [1.82, 2.24) is 15.1 Å². The van der Waals surface area contributed by atoms with E-state index in [1.54, 1.807) is 4.90 Å². The van der Waals surface area contributed by atoms with Crippen LogP contribution in [0.1, 0.15) is 31.2 Å². The number of hydrogen-bond acceptors (Lipinski definition) is 2. The largest absolute Gasteiger partial charge is 0.406 e. The Balaban J connectivity index is 1.44. The summed E-state index contributed by atoms with van der Waals surface area (Å²) in [5, 5.41) is 4.88. The highest BCUT2D eigenvalue weighted by Crippen LogP contribution is 2.29. The number of nitrogens with one attached hydrogen (secondary N) is 1. The maximum Gasteiger partial charge on any atom is 0.406 e. The van der Waals surface area contributed by atoms with Crippen molar-refractivity contribution in [2.45, 2.75) is 50.5 Å². The molecule has 0 bridgehead atoms. The Kier molecular flexibility index (Phi) is 5.58. The molecule has 2 fully saturated rings. The Morgan fingerprint density at radius 3 is 2.53 bits per heavy atom. The predicted octanol–water partition coefficient (Wildman–Crippen LogP) is 4.07. The van der Waals surface area contributed by atoms with Crippen LogP contribution in [0.25, 0.3) is 10.8 Å². The summed E-state index contributed by atoms with van der Waals surface area (Å²) in [5.41, 5.74) is 0.976. The molecular weight excluding hydrogens is 395 g/mol. The fourth-order valence-corrected chi connectivity index (χ4v) is 3.97. The highest BCUT2D eigenvalue weighted by Gasteiger charge is 2.39. The normalized spacial score (nSPS) is 19.8. The minimum atomic E-state index is -4.45. The van der Waals surface area contributed by atoms with E-state index in [-0.39, 0.29) is 12.6 Å². The Morgan fingerprint density at radius 1 is 1.10 bits per heavy atom. The van der Waals surface area contributed by atoms with E-state index in [0.717, 1.165) is 34.1 Å². The number of hydrogen-bond donors (Lipinski definition) is 1. The van der Waals surface area contributed by atoms with Crippen molar-refractivity contribution in [3.05, 3.63) is 48.0 Å². The molecule has 1 atom stereocenters. The SMILES string of the molecule is O=C1C(NC(=O)N(Cc2ccc3ccccc3c2)C2CC2)CCCN1CC(F)(F)F. The molecule has 0 aromatic heterocycles. The van der Waals surface area contributed by atoms with Crippen LogP contribution in [0, 0.1) is 0 Å². The Hall–Kier alpha value is -2.77. The van der Waals surface area contributed by atoms with Crippen LogP contribution in [-0.4, -0.2) is 53.1 Å². The van der Waals surface area contributed by atoms with Gasteiger partial charge in [-0.25, -0.2) is 4.79 Å². The maximum atomic E-state index is 12.9. The van der Waals surface area contributed by atoms with Crippen molar-refractivity contribution in [2.24, 2.45) is 0 Å². The van der Waals surface area contributed by atoms with Gasteiger partial charge in [-0.05, 0) is 48.1 Å². The minimum absolute atomic E-state index is 0.0636. The van der Waals surface area contributed by atoms with E-state index in [4.69, 9.17) is 0 Å². The molecule has 1 unspecified atom stereocenters. The van der Waals surface area contributed by atoms with E-state index in [1.807, 2.05) is 42.5 Å². The molecule has 1 heterocycles. The van der Waals surface area contributed by atoms with Crippen LogP contribution < -0.4 is 5.32 Å². The van der Waals surface area contributed by atoms with Crippen molar-refractivity contribution in [3.63, 3.8) is 0 Å². The molecule has 5 nitrogen and oxygen atoms in total. The molecule has 2 aromatic rings. The molecule has 1 saturated heterocycles. The summed E-state index contributed by atoms with van der Waals surface area (Å²) in [7, 11) is 0. The number of carbonyl (C=O) groups is 2. The zero-order valence-electron chi connectivity index (χ0n) is 16.5. The summed E-state index contributed by atoms with van der Waals surface area (Å²) in [5.74, 6) is -0.659. The smallest absolute Gasteiger partial charge is 0.332 e. The van der Waals surface area contributed by atoms with E-state index < -0.39 is 30.7 Å². The van der Waals surface area contributed by atoms with Crippen molar-refractivity contribution >= 4 is 22.7 Å². The first-order chi connectivity index (χ1) is 14.3. The second-order valence-electron chi connectivity index (χ2n) is 8.06. The van der Waals surface area contributed by atoms with E-state index in [1.165, 1.54) is 0 Å². The molecule has 1 saturated carbocycles. The molecule has 1 aliphatic carbocycles. The lowest BCUT2D eigenvalue weighted by atomic mass is 10.0. The van der Waals surface area contributed by atoms with E-state index in [9.17, 15) is 22.8 Å². The summed E-state index contributed by atoms with van der Waals surface area (Å²) >= 11 is 0. The van der Waals surface area contributed by atoms with Gasteiger partial charge in [-0.3, -0.25) is 4.79 Å². The summed E-state index contributed by atoms with van der Waals surface area (Å²) < 4.78 is 38.1. The molecule has 30 heavy (non-hydrogen) atoms. The number of amides is 3. The van der Waals surface area contributed by atoms with Gasteiger partial charge in [-0.1, -0.05) is 36.4 Å². The van der Waals surface area contributed by atoms with Gasteiger partial charge in [0, 0.05) is 19.1 Å². The van der Waals surface area contributed by atoms with Gasteiger partial charge in [-0.15, -0.1) is 0 Å². The van der Waals surface area contributed by atoms with Gasteiger partial charge in [-0.2, -0.15) is 13.2 Å². The first kappa shape index (κ1) is 20.5. The van der Waals surface area contributed by atoms with Crippen LogP contribution in [0.4, 0.5) is 18.0 Å². The molecule has 1 N–H and O–H groups in total. The third-order valence-corrected chi connectivity index (χ3v) is 5.61. The van der Waals surface area contributed by atoms with Gasteiger partial charge >= 0.3 is 12.2 Å². The summed E-state index contributed by atoms with van der Waals surface area (Å²) in [4.78, 5) is 27.8. The average molecular weight is 419 g/mol. The number of rotatable bonds is 5. The fourth-order valence-electron chi connectivity index (χ4n) is 3.97. The average Bonchev–Trinajstić information content (AvgIpc) is 3.53. The van der Waals surface area contributed by atoms with Crippen LogP contribution in [0.15, 0.2) is 42.5 Å². The lowest BCUT2D eigenvalue weighted by Gasteiger charge is -2.34. The highest BCUT2D eigenvalue weighted by atomic mass is 19.4. The number of halogens is 3. The fraction of sp³-hybridized carbons (Fsp3) is 0.455. The highest BCUT2D eigenvalue weighted by molar-refractivity contribution is 5.88. The third-order valence-electron chi connectivity index (χ3n) is 5.61. The van der Waals surface area contributed by atoms with Crippen LogP contribution >= 0.6 is 0 Å². The van der Waals surface area contributed by atoms with Crippen molar-refractivity contribution in [1.29, 1.82) is 0 Å². The van der Waals surface area contributed by atoms with Crippen LogP contribution in [0.5, 0.6) is 0 Å². The lowest BCUT2D eigenvalue weighted by molar-refractivity contribution is -0.164. The van der Waals surface area contributed by atoms with Crippen LogP contribution in [0.3, 0.4) is 0 Å². The Labute approximate surface area is 172 Å². The molecule has 160 valence electrons. The quantitative estimate of drug-likeness (QED) is 0.795.